The van der Waals surface area contributed by atoms with E-state index in [0.717, 1.165) is 57.8 Å². The SMILES string of the molecule is CCCCCCCCCCCCCC(=O)OC[C@@H](COC(=O)CCCCCCCCCCCC)OC(=O)CCCCCCCCCCCC. The van der Waals surface area contributed by atoms with Crippen molar-refractivity contribution in [2.45, 2.75) is 245 Å². The van der Waals surface area contributed by atoms with Gasteiger partial charge in [-0.1, -0.05) is 201 Å². The molecule has 0 fully saturated rings. The van der Waals surface area contributed by atoms with Crippen LogP contribution in [0.5, 0.6) is 0 Å². The minimum absolute atomic E-state index is 0.0633. The van der Waals surface area contributed by atoms with Crippen LogP contribution in [0, 0.1) is 0 Å². The maximum atomic E-state index is 12.6. The molecule has 0 rings (SSSR count). The molecule has 0 N–H and O–H groups in total. The number of carbonyl (C=O) groups excluding carboxylic acids is 3. The molecular formula is C43H82O6. The van der Waals surface area contributed by atoms with Gasteiger partial charge < -0.3 is 14.2 Å². The van der Waals surface area contributed by atoms with E-state index < -0.39 is 6.10 Å². The Morgan fingerprint density at radius 1 is 0.327 bits per heavy atom. The van der Waals surface area contributed by atoms with Crippen molar-refractivity contribution in [3.63, 3.8) is 0 Å². The Morgan fingerprint density at radius 3 is 0.816 bits per heavy atom. The smallest absolute Gasteiger partial charge is 0.306 e. The van der Waals surface area contributed by atoms with Crippen LogP contribution in [0.15, 0.2) is 0 Å². The van der Waals surface area contributed by atoms with Gasteiger partial charge in [-0.25, -0.2) is 0 Å². The normalized spacial score (nSPS) is 11.8. The first-order valence-electron chi connectivity index (χ1n) is 21.5. The van der Waals surface area contributed by atoms with Crippen molar-refractivity contribution in [1.82, 2.24) is 0 Å². The van der Waals surface area contributed by atoms with Crippen molar-refractivity contribution in [3.8, 4) is 0 Å². The highest BCUT2D eigenvalue weighted by atomic mass is 16.6. The summed E-state index contributed by atoms with van der Waals surface area (Å²) in [5.74, 6) is -0.859. The predicted octanol–water partition coefficient (Wildman–Crippen LogP) is 13.3. The molecular weight excluding hydrogens is 612 g/mol. The van der Waals surface area contributed by atoms with Crippen LogP contribution in [-0.2, 0) is 28.6 Å². The third kappa shape index (κ3) is 37.5. The van der Waals surface area contributed by atoms with E-state index in [1.165, 1.54) is 141 Å². The van der Waals surface area contributed by atoms with Crippen molar-refractivity contribution < 1.29 is 28.6 Å². The van der Waals surface area contributed by atoms with Crippen LogP contribution in [0.25, 0.3) is 0 Å². The molecule has 0 aliphatic heterocycles. The molecule has 0 heterocycles. The fourth-order valence-electron chi connectivity index (χ4n) is 6.32. The van der Waals surface area contributed by atoms with Gasteiger partial charge in [0, 0.05) is 19.3 Å². The molecule has 0 radical (unpaired) electrons. The molecule has 0 spiro atoms. The molecule has 0 aliphatic rings. The molecule has 290 valence electrons. The summed E-state index contributed by atoms with van der Waals surface area (Å²) in [4.78, 5) is 37.5. The number of hydrogen-bond donors (Lipinski definition) is 0. The third-order valence-corrected chi connectivity index (χ3v) is 9.61. The van der Waals surface area contributed by atoms with Crippen LogP contribution in [0.2, 0.25) is 0 Å². The number of esters is 3. The maximum Gasteiger partial charge on any atom is 0.306 e. The molecule has 0 unspecified atom stereocenters. The van der Waals surface area contributed by atoms with Gasteiger partial charge in [0.25, 0.3) is 0 Å². The maximum absolute atomic E-state index is 12.6. The number of unbranched alkanes of at least 4 members (excludes halogenated alkanes) is 28. The summed E-state index contributed by atoms with van der Waals surface area (Å²) in [7, 11) is 0. The lowest BCUT2D eigenvalue weighted by molar-refractivity contribution is -0.167. The van der Waals surface area contributed by atoms with Gasteiger partial charge in [0.05, 0.1) is 0 Å². The van der Waals surface area contributed by atoms with Gasteiger partial charge >= 0.3 is 17.9 Å². The van der Waals surface area contributed by atoms with Crippen molar-refractivity contribution >= 4 is 17.9 Å². The summed E-state index contributed by atoms with van der Waals surface area (Å²) in [5.41, 5.74) is 0. The van der Waals surface area contributed by atoms with E-state index in [2.05, 4.69) is 20.8 Å². The quantitative estimate of drug-likeness (QED) is 0.0362. The monoisotopic (exact) mass is 695 g/mol. The zero-order valence-corrected chi connectivity index (χ0v) is 33.0. The fraction of sp³-hybridized carbons (Fsp3) is 0.930. The van der Waals surface area contributed by atoms with E-state index in [0.29, 0.717) is 19.3 Å². The van der Waals surface area contributed by atoms with Crippen LogP contribution in [-0.4, -0.2) is 37.2 Å². The second-order valence-corrected chi connectivity index (χ2v) is 14.6. The van der Waals surface area contributed by atoms with E-state index in [9.17, 15) is 14.4 Å². The number of hydrogen-bond acceptors (Lipinski definition) is 6. The van der Waals surface area contributed by atoms with Crippen LogP contribution in [0.4, 0.5) is 0 Å². The van der Waals surface area contributed by atoms with Crippen LogP contribution < -0.4 is 0 Å². The first kappa shape index (κ1) is 47.4. The minimum Gasteiger partial charge on any atom is -0.462 e. The van der Waals surface area contributed by atoms with Gasteiger partial charge in [-0.15, -0.1) is 0 Å². The average molecular weight is 695 g/mol. The lowest BCUT2D eigenvalue weighted by atomic mass is 10.1. The molecule has 6 heteroatoms. The summed E-state index contributed by atoms with van der Waals surface area (Å²) >= 11 is 0. The standard InChI is InChI=1S/C43H82O6/c1-4-7-10-13-16-19-22-25-27-30-33-36-42(45)48-39-40(49-43(46)37-34-31-28-24-21-18-15-12-9-6-3)38-47-41(44)35-32-29-26-23-20-17-14-11-8-5-2/h40H,4-39H2,1-3H3/t40-/m1/s1. The van der Waals surface area contributed by atoms with Gasteiger partial charge in [-0.2, -0.15) is 0 Å². The number of ether oxygens (including phenoxy) is 3. The first-order chi connectivity index (χ1) is 24.0. The molecule has 6 nitrogen and oxygen atoms in total. The lowest BCUT2D eigenvalue weighted by Crippen LogP contribution is -2.30. The van der Waals surface area contributed by atoms with Gasteiger partial charge in [0.15, 0.2) is 6.10 Å². The topological polar surface area (TPSA) is 78.9 Å². The fourth-order valence-corrected chi connectivity index (χ4v) is 6.32. The molecule has 0 saturated carbocycles. The van der Waals surface area contributed by atoms with Gasteiger partial charge in [0.2, 0.25) is 0 Å². The Labute approximate surface area is 304 Å². The summed E-state index contributed by atoms with van der Waals surface area (Å²) in [6.07, 6.45) is 37.9. The number of rotatable bonds is 39. The highest BCUT2D eigenvalue weighted by Gasteiger charge is 2.19. The van der Waals surface area contributed by atoms with E-state index in [4.69, 9.17) is 14.2 Å². The molecule has 0 aliphatic carbocycles. The molecule has 0 amide bonds. The first-order valence-corrected chi connectivity index (χ1v) is 21.5. The van der Waals surface area contributed by atoms with Crippen LogP contribution in [0.1, 0.15) is 239 Å². The van der Waals surface area contributed by atoms with Gasteiger partial charge in [-0.3, -0.25) is 14.4 Å². The van der Waals surface area contributed by atoms with E-state index in [1.54, 1.807) is 0 Å². The molecule has 0 aromatic carbocycles. The Kier molecular flexibility index (Phi) is 37.9. The summed E-state index contributed by atoms with van der Waals surface area (Å²) in [6, 6.07) is 0. The van der Waals surface area contributed by atoms with Crippen molar-refractivity contribution in [2.24, 2.45) is 0 Å². The predicted molar refractivity (Wildman–Crippen MR) is 206 cm³/mol. The highest BCUT2D eigenvalue weighted by Crippen LogP contribution is 2.15. The highest BCUT2D eigenvalue weighted by molar-refractivity contribution is 5.71. The van der Waals surface area contributed by atoms with E-state index in [1.807, 2.05) is 0 Å². The second-order valence-electron chi connectivity index (χ2n) is 14.6. The van der Waals surface area contributed by atoms with Crippen LogP contribution >= 0.6 is 0 Å². The second kappa shape index (κ2) is 39.2. The van der Waals surface area contributed by atoms with E-state index in [-0.39, 0.29) is 31.1 Å². The van der Waals surface area contributed by atoms with Gasteiger partial charge in [0.1, 0.15) is 13.2 Å². The Hall–Kier alpha value is -1.59. The Balaban J connectivity index is 4.33. The van der Waals surface area contributed by atoms with Gasteiger partial charge in [-0.05, 0) is 19.3 Å². The largest absolute Gasteiger partial charge is 0.462 e. The summed E-state index contributed by atoms with van der Waals surface area (Å²) < 4.78 is 16.6. The molecule has 0 saturated heterocycles. The molecule has 0 aromatic heterocycles. The van der Waals surface area contributed by atoms with Crippen molar-refractivity contribution in [3.05, 3.63) is 0 Å². The van der Waals surface area contributed by atoms with Crippen molar-refractivity contribution in [2.75, 3.05) is 13.2 Å². The zero-order valence-electron chi connectivity index (χ0n) is 33.0. The average Bonchev–Trinajstić information content (AvgIpc) is 3.10. The Bertz CT molecular complexity index is 723. The van der Waals surface area contributed by atoms with Crippen molar-refractivity contribution in [1.29, 1.82) is 0 Å². The molecule has 49 heavy (non-hydrogen) atoms. The lowest BCUT2D eigenvalue weighted by Gasteiger charge is -2.18. The Morgan fingerprint density at radius 2 is 0.551 bits per heavy atom. The zero-order chi connectivity index (χ0) is 35.9. The van der Waals surface area contributed by atoms with Crippen LogP contribution in [0.3, 0.4) is 0 Å². The van der Waals surface area contributed by atoms with E-state index >= 15 is 0 Å². The number of carbonyl (C=O) groups is 3. The third-order valence-electron chi connectivity index (χ3n) is 9.61. The molecule has 0 bridgehead atoms. The molecule has 0 aromatic rings. The minimum atomic E-state index is -0.756. The molecule has 1 atom stereocenters. The summed E-state index contributed by atoms with van der Waals surface area (Å²) in [6.45, 7) is 6.61. The summed E-state index contributed by atoms with van der Waals surface area (Å²) in [5, 5.41) is 0.